The van der Waals surface area contributed by atoms with Crippen molar-refractivity contribution in [3.63, 3.8) is 0 Å². The molecule has 0 unspecified atom stereocenters. The zero-order valence-corrected chi connectivity index (χ0v) is 18.8. The van der Waals surface area contributed by atoms with Crippen molar-refractivity contribution in [3.05, 3.63) is 120 Å². The molecule has 4 rings (SSSR count). The van der Waals surface area contributed by atoms with Gasteiger partial charge in [-0.15, -0.1) is 0 Å². The first-order chi connectivity index (χ1) is 16.2. The fraction of sp³-hybridized carbons (Fsp3) is 0.115. The van der Waals surface area contributed by atoms with Gasteiger partial charge in [-0.05, 0) is 67.8 Å². The molecule has 0 bridgehead atoms. The van der Waals surface area contributed by atoms with Gasteiger partial charge in [-0.3, -0.25) is 29.9 Å². The van der Waals surface area contributed by atoms with Gasteiger partial charge in [0.15, 0.2) is 0 Å². The third-order valence-corrected chi connectivity index (χ3v) is 5.84. The van der Waals surface area contributed by atoms with Crippen LogP contribution in [0.2, 0.25) is 0 Å². The van der Waals surface area contributed by atoms with Crippen LogP contribution in [0, 0.1) is 41.0 Å². The van der Waals surface area contributed by atoms with Gasteiger partial charge in [-0.1, -0.05) is 29.8 Å². The zero-order chi connectivity index (χ0) is 24.6. The maximum Gasteiger partial charge on any atom is 0.274 e. The van der Waals surface area contributed by atoms with Crippen molar-refractivity contribution in [3.8, 4) is 0 Å². The average molecular weight is 455 g/mol. The minimum Gasteiger partial charge on any atom is -0.276 e. The highest BCUT2D eigenvalue weighted by molar-refractivity contribution is 6.23. The molecule has 0 atom stereocenters. The molecule has 170 valence electrons. The van der Waals surface area contributed by atoms with E-state index in [0.29, 0.717) is 33.6 Å². The molecule has 8 heteroatoms. The van der Waals surface area contributed by atoms with E-state index in [2.05, 4.69) is 0 Å². The quantitative estimate of drug-likeness (QED) is 0.270. The predicted molar refractivity (Wildman–Crippen MR) is 130 cm³/mol. The first kappa shape index (κ1) is 22.6. The Kier molecular flexibility index (Phi) is 5.81. The van der Waals surface area contributed by atoms with E-state index in [1.807, 2.05) is 31.2 Å². The second-order valence-electron chi connectivity index (χ2n) is 8.15. The molecular weight excluding hydrogens is 434 g/mol. The van der Waals surface area contributed by atoms with Crippen LogP contribution in [0.3, 0.4) is 0 Å². The molecule has 0 aliphatic carbocycles. The number of carbonyl (C=O) groups excluding carboxylic acids is 1. The van der Waals surface area contributed by atoms with Gasteiger partial charge in [-0.25, -0.2) is 0 Å². The standard InChI is InChI=1S/C26H21N3O5/c1-16-4-8-20(9-5-16)25-14-21(13-19-6-10-22(11-7-19)28(31)32)26(30)27(25)23-12-17(2)18(3)24(15-23)29(33)34/h4-15H,1-3H3/b21-13+. The monoisotopic (exact) mass is 455 g/mol. The summed E-state index contributed by atoms with van der Waals surface area (Å²) in [6.45, 7) is 5.41. The molecule has 3 aromatic carbocycles. The summed E-state index contributed by atoms with van der Waals surface area (Å²) in [7, 11) is 0. The summed E-state index contributed by atoms with van der Waals surface area (Å²) in [6.07, 6.45) is 3.38. The summed E-state index contributed by atoms with van der Waals surface area (Å²) < 4.78 is 0. The highest BCUT2D eigenvalue weighted by atomic mass is 16.6. The Hall–Kier alpha value is -4.59. The predicted octanol–water partition coefficient (Wildman–Crippen LogP) is 5.90. The average Bonchev–Trinajstić information content (AvgIpc) is 3.12. The number of benzene rings is 3. The largest absolute Gasteiger partial charge is 0.276 e. The minimum atomic E-state index is -0.485. The van der Waals surface area contributed by atoms with E-state index in [4.69, 9.17) is 0 Å². The van der Waals surface area contributed by atoms with Crippen LogP contribution in [-0.4, -0.2) is 15.8 Å². The lowest BCUT2D eigenvalue weighted by Crippen LogP contribution is -2.25. The number of anilines is 1. The fourth-order valence-corrected chi connectivity index (χ4v) is 3.82. The minimum absolute atomic E-state index is 0.0418. The van der Waals surface area contributed by atoms with Crippen LogP contribution in [0.15, 0.2) is 72.3 Å². The third-order valence-electron chi connectivity index (χ3n) is 5.84. The number of nitro groups is 2. The van der Waals surface area contributed by atoms with Crippen molar-refractivity contribution in [1.82, 2.24) is 0 Å². The van der Waals surface area contributed by atoms with Crippen molar-refractivity contribution in [1.29, 1.82) is 0 Å². The summed E-state index contributed by atoms with van der Waals surface area (Å²) >= 11 is 0. The van der Waals surface area contributed by atoms with Gasteiger partial charge in [0.1, 0.15) is 0 Å². The van der Waals surface area contributed by atoms with E-state index < -0.39 is 9.85 Å². The van der Waals surface area contributed by atoms with E-state index in [1.54, 1.807) is 44.2 Å². The molecule has 3 aromatic rings. The molecular formula is C26H21N3O5. The molecule has 0 spiro atoms. The molecule has 1 heterocycles. The van der Waals surface area contributed by atoms with Gasteiger partial charge < -0.3 is 0 Å². The van der Waals surface area contributed by atoms with Crippen molar-refractivity contribution < 1.29 is 14.6 Å². The Labute approximate surface area is 195 Å². The summed E-state index contributed by atoms with van der Waals surface area (Å²) in [5.74, 6) is -0.341. The summed E-state index contributed by atoms with van der Waals surface area (Å²) in [5.41, 5.74) is 4.98. The Morgan fingerprint density at radius 2 is 1.50 bits per heavy atom. The third kappa shape index (κ3) is 4.21. The van der Waals surface area contributed by atoms with E-state index in [1.165, 1.54) is 23.1 Å². The van der Waals surface area contributed by atoms with Crippen molar-refractivity contribution >= 4 is 34.7 Å². The van der Waals surface area contributed by atoms with E-state index in [9.17, 15) is 25.0 Å². The van der Waals surface area contributed by atoms with E-state index in [0.717, 1.165) is 11.1 Å². The van der Waals surface area contributed by atoms with Crippen molar-refractivity contribution in [2.45, 2.75) is 20.8 Å². The molecule has 0 saturated heterocycles. The topological polar surface area (TPSA) is 107 Å². The van der Waals surface area contributed by atoms with Gasteiger partial charge in [0.25, 0.3) is 17.3 Å². The van der Waals surface area contributed by atoms with E-state index in [-0.39, 0.29) is 17.3 Å². The summed E-state index contributed by atoms with van der Waals surface area (Å²) in [5, 5.41) is 22.6. The highest BCUT2D eigenvalue weighted by Crippen LogP contribution is 2.38. The zero-order valence-electron chi connectivity index (χ0n) is 18.8. The Morgan fingerprint density at radius 3 is 2.09 bits per heavy atom. The number of nitro benzene ring substituents is 2. The lowest BCUT2D eigenvalue weighted by Gasteiger charge is -2.22. The first-order valence-corrected chi connectivity index (χ1v) is 10.5. The second kappa shape index (κ2) is 8.74. The van der Waals surface area contributed by atoms with Gasteiger partial charge in [0.2, 0.25) is 0 Å². The maximum atomic E-state index is 13.5. The Morgan fingerprint density at radius 1 is 0.853 bits per heavy atom. The van der Waals surface area contributed by atoms with Crippen molar-refractivity contribution in [2.75, 3.05) is 4.90 Å². The number of non-ortho nitro benzene ring substituents is 1. The molecule has 34 heavy (non-hydrogen) atoms. The number of aryl methyl sites for hydroxylation is 2. The molecule has 1 aliphatic heterocycles. The van der Waals surface area contributed by atoms with Gasteiger partial charge in [0.05, 0.1) is 21.2 Å². The van der Waals surface area contributed by atoms with Crippen LogP contribution in [0.4, 0.5) is 17.1 Å². The van der Waals surface area contributed by atoms with E-state index >= 15 is 0 Å². The van der Waals surface area contributed by atoms with Crippen LogP contribution in [0.25, 0.3) is 11.8 Å². The molecule has 0 N–H and O–H groups in total. The Bertz CT molecular complexity index is 1390. The SMILES string of the molecule is Cc1ccc(C2=C/C(=C\c3ccc([N+](=O)[O-])cc3)C(=O)N2c2cc(C)c(C)c([N+](=O)[O-])c2)cc1. The molecule has 8 nitrogen and oxygen atoms in total. The first-order valence-electron chi connectivity index (χ1n) is 10.5. The normalized spacial score (nSPS) is 14.4. The molecule has 0 saturated carbocycles. The van der Waals surface area contributed by atoms with Gasteiger partial charge >= 0.3 is 0 Å². The van der Waals surface area contributed by atoms with Crippen LogP contribution in [0.5, 0.6) is 0 Å². The lowest BCUT2D eigenvalue weighted by atomic mass is 10.0. The molecule has 1 amide bonds. The second-order valence-corrected chi connectivity index (χ2v) is 8.15. The summed E-state index contributed by atoms with van der Waals surface area (Å²) in [4.78, 5) is 36.6. The number of rotatable bonds is 5. The summed E-state index contributed by atoms with van der Waals surface area (Å²) in [6, 6.07) is 16.7. The van der Waals surface area contributed by atoms with Gasteiger partial charge in [-0.2, -0.15) is 0 Å². The maximum absolute atomic E-state index is 13.5. The molecule has 0 fully saturated rings. The number of hydrogen-bond acceptors (Lipinski definition) is 5. The molecule has 1 aliphatic rings. The lowest BCUT2D eigenvalue weighted by molar-refractivity contribution is -0.385. The fourth-order valence-electron chi connectivity index (χ4n) is 3.82. The smallest absolute Gasteiger partial charge is 0.274 e. The van der Waals surface area contributed by atoms with Crippen molar-refractivity contribution in [2.24, 2.45) is 0 Å². The number of amides is 1. The highest BCUT2D eigenvalue weighted by Gasteiger charge is 2.32. The number of carbonyl (C=O) groups is 1. The van der Waals surface area contributed by atoms with Crippen LogP contribution in [0.1, 0.15) is 27.8 Å². The van der Waals surface area contributed by atoms with Crippen LogP contribution in [-0.2, 0) is 4.79 Å². The van der Waals surface area contributed by atoms with Crippen LogP contribution < -0.4 is 4.90 Å². The van der Waals surface area contributed by atoms with Crippen LogP contribution >= 0.6 is 0 Å². The Balaban J connectivity index is 1.85. The van der Waals surface area contributed by atoms with Gasteiger partial charge in [0, 0.05) is 29.3 Å². The molecule has 0 aromatic heterocycles. The molecule has 0 radical (unpaired) electrons. The number of nitrogens with zero attached hydrogens (tertiary/aromatic N) is 3. The number of hydrogen-bond donors (Lipinski definition) is 0.